The van der Waals surface area contributed by atoms with Crippen molar-refractivity contribution in [2.75, 3.05) is 37.7 Å². The summed E-state index contributed by atoms with van der Waals surface area (Å²) in [6.45, 7) is 4.42. The molecule has 0 radical (unpaired) electrons. The maximum Gasteiger partial charge on any atom is 0.253 e. The molecule has 0 bridgehead atoms. The first-order valence-corrected chi connectivity index (χ1v) is 14.6. The first-order chi connectivity index (χ1) is 19.2. The zero-order valence-corrected chi connectivity index (χ0v) is 24.2. The lowest BCUT2D eigenvalue weighted by molar-refractivity contribution is 0.00674. The number of carbonyl (C=O) groups excluding carboxylic acids is 1. The summed E-state index contributed by atoms with van der Waals surface area (Å²) in [5.74, 6) is -0.122. The molecule has 2 aromatic carbocycles. The molecule has 2 aliphatic rings. The van der Waals surface area contributed by atoms with Crippen LogP contribution in [0.15, 0.2) is 60.8 Å². The summed E-state index contributed by atoms with van der Waals surface area (Å²) >= 11 is 13.0. The zero-order chi connectivity index (χ0) is 28.3. The Morgan fingerprint density at radius 2 is 1.88 bits per heavy atom. The molecule has 9 heteroatoms. The molecule has 1 aliphatic heterocycles. The van der Waals surface area contributed by atoms with Gasteiger partial charge in [0, 0.05) is 50.0 Å². The topological polar surface area (TPSA) is 88.9 Å². The van der Waals surface area contributed by atoms with Crippen LogP contribution < -0.4 is 10.2 Å². The maximum atomic E-state index is 12.3. The van der Waals surface area contributed by atoms with E-state index in [9.17, 15) is 15.0 Å². The van der Waals surface area contributed by atoms with Gasteiger partial charge >= 0.3 is 0 Å². The van der Waals surface area contributed by atoms with Crippen molar-refractivity contribution in [2.45, 2.75) is 50.3 Å². The van der Waals surface area contributed by atoms with Crippen LogP contribution in [-0.4, -0.2) is 64.8 Å². The second-order valence-electron chi connectivity index (χ2n) is 11.1. The number of aromatic nitrogens is 1. The summed E-state index contributed by atoms with van der Waals surface area (Å²) in [7, 11) is 0. The van der Waals surface area contributed by atoms with Crippen LogP contribution in [0.3, 0.4) is 0 Å². The molecule has 5 rings (SSSR count). The molecular weight excluding hydrogens is 547 g/mol. The van der Waals surface area contributed by atoms with Crippen LogP contribution in [0, 0.1) is 0 Å². The summed E-state index contributed by atoms with van der Waals surface area (Å²) in [6, 6.07) is 17.7. The van der Waals surface area contributed by atoms with E-state index in [0.717, 1.165) is 42.6 Å². The van der Waals surface area contributed by atoms with Crippen molar-refractivity contribution in [1.82, 2.24) is 15.2 Å². The van der Waals surface area contributed by atoms with Crippen LogP contribution in [0.5, 0.6) is 0 Å². The Morgan fingerprint density at radius 1 is 1.10 bits per heavy atom. The van der Waals surface area contributed by atoms with Crippen LogP contribution in [0.4, 0.5) is 5.69 Å². The van der Waals surface area contributed by atoms with Gasteiger partial charge in [-0.25, -0.2) is 0 Å². The van der Waals surface area contributed by atoms with Gasteiger partial charge in [-0.3, -0.25) is 14.7 Å². The molecular formula is C31H36Cl2N4O3. The standard InChI is InChI=1S/C31H36Cl2N4O3/c1-31(40,29-13-7-23(18-34-29)30(39)35-25-10-11-25)20-36-14-15-37(28(19-36)22-5-8-24(32)9-6-22)27-12-4-21(3-2-16-38)17-26(27)33/h4-9,12-13,17-18,25,28,38,40H,2-3,10-11,14-16,19-20H2,1H3,(H,35,39)/t28-,31+/m0/s1. The number of hydrogen-bond acceptors (Lipinski definition) is 6. The number of amides is 1. The van der Waals surface area contributed by atoms with E-state index < -0.39 is 5.60 Å². The summed E-state index contributed by atoms with van der Waals surface area (Å²) in [5, 5.41) is 25.0. The average molecular weight is 584 g/mol. The van der Waals surface area contributed by atoms with Gasteiger partial charge in [0.05, 0.1) is 28.0 Å². The highest BCUT2D eigenvalue weighted by Gasteiger charge is 2.35. The smallest absolute Gasteiger partial charge is 0.253 e. The third kappa shape index (κ3) is 6.96. The molecule has 212 valence electrons. The molecule has 3 aromatic rings. The number of anilines is 1. The number of nitrogens with zero attached hydrogens (tertiary/aromatic N) is 3. The fraction of sp³-hybridized carbons (Fsp3) is 0.419. The lowest BCUT2D eigenvalue weighted by atomic mass is 9.96. The third-order valence-corrected chi connectivity index (χ3v) is 8.24. The van der Waals surface area contributed by atoms with Gasteiger partial charge in [-0.1, -0.05) is 41.4 Å². The number of carbonyl (C=O) groups is 1. The minimum Gasteiger partial charge on any atom is -0.396 e. The molecule has 0 spiro atoms. The Kier molecular flexibility index (Phi) is 8.98. The second kappa shape index (κ2) is 12.5. The van der Waals surface area contributed by atoms with E-state index in [0.29, 0.717) is 47.4 Å². The summed E-state index contributed by atoms with van der Waals surface area (Å²) in [6.07, 6.45) is 5.08. The molecule has 1 amide bonds. The second-order valence-corrected chi connectivity index (χ2v) is 11.9. The monoisotopic (exact) mass is 582 g/mol. The fourth-order valence-corrected chi connectivity index (χ4v) is 5.76. The van der Waals surface area contributed by atoms with Gasteiger partial charge in [0.25, 0.3) is 5.91 Å². The quantitative estimate of drug-likeness (QED) is 0.312. The molecule has 2 atom stereocenters. The molecule has 1 aliphatic carbocycles. The third-order valence-electron chi connectivity index (χ3n) is 7.69. The number of hydrogen-bond donors (Lipinski definition) is 3. The average Bonchev–Trinajstić information content (AvgIpc) is 3.76. The van der Waals surface area contributed by atoms with E-state index in [1.807, 2.05) is 30.3 Å². The van der Waals surface area contributed by atoms with Crippen molar-refractivity contribution in [3.8, 4) is 0 Å². The molecule has 7 nitrogen and oxygen atoms in total. The molecule has 2 heterocycles. The number of rotatable bonds is 10. The number of nitrogens with one attached hydrogen (secondary N) is 1. The number of aliphatic hydroxyl groups is 2. The number of piperazine rings is 1. The SMILES string of the molecule is C[C@@](O)(CN1CCN(c2ccc(CCCO)cc2Cl)[C@H](c2ccc(Cl)cc2)C1)c1ccc(C(=O)NC2CC2)cn1. The van der Waals surface area contributed by atoms with Gasteiger partial charge in [-0.15, -0.1) is 0 Å². The highest BCUT2D eigenvalue weighted by molar-refractivity contribution is 6.33. The van der Waals surface area contributed by atoms with Crippen LogP contribution in [-0.2, 0) is 12.0 Å². The summed E-state index contributed by atoms with van der Waals surface area (Å²) < 4.78 is 0. The largest absolute Gasteiger partial charge is 0.396 e. The van der Waals surface area contributed by atoms with Crippen molar-refractivity contribution in [3.63, 3.8) is 0 Å². The number of aliphatic hydroxyl groups excluding tert-OH is 1. The van der Waals surface area contributed by atoms with E-state index >= 15 is 0 Å². The normalized spacial score (nSPS) is 19.3. The van der Waals surface area contributed by atoms with Crippen LogP contribution >= 0.6 is 23.2 Å². The number of halogens is 2. The van der Waals surface area contributed by atoms with E-state index in [1.54, 1.807) is 25.3 Å². The van der Waals surface area contributed by atoms with Crippen molar-refractivity contribution >= 4 is 34.8 Å². The van der Waals surface area contributed by atoms with Crippen LogP contribution in [0.25, 0.3) is 0 Å². The number of pyridine rings is 1. The van der Waals surface area contributed by atoms with Crippen molar-refractivity contribution in [2.24, 2.45) is 0 Å². The molecule has 0 unspecified atom stereocenters. The van der Waals surface area contributed by atoms with Gasteiger partial charge < -0.3 is 20.4 Å². The van der Waals surface area contributed by atoms with Gasteiger partial charge in [0.1, 0.15) is 5.60 Å². The van der Waals surface area contributed by atoms with E-state index in [2.05, 4.69) is 32.2 Å². The first-order valence-electron chi connectivity index (χ1n) is 13.9. The fourth-order valence-electron chi connectivity index (χ4n) is 5.32. The maximum absolute atomic E-state index is 12.3. The van der Waals surface area contributed by atoms with E-state index in [-0.39, 0.29) is 24.6 Å². The zero-order valence-electron chi connectivity index (χ0n) is 22.7. The van der Waals surface area contributed by atoms with Crippen molar-refractivity contribution < 1.29 is 15.0 Å². The Bertz CT molecular complexity index is 1310. The molecule has 40 heavy (non-hydrogen) atoms. The lowest BCUT2D eigenvalue weighted by Crippen LogP contribution is -2.52. The van der Waals surface area contributed by atoms with Gasteiger partial charge in [0.15, 0.2) is 0 Å². The van der Waals surface area contributed by atoms with E-state index in [1.165, 1.54) is 0 Å². The molecule has 2 fully saturated rings. The minimum atomic E-state index is -1.20. The Balaban J connectivity index is 1.33. The van der Waals surface area contributed by atoms with Gasteiger partial charge in [-0.05, 0) is 80.1 Å². The first kappa shape index (κ1) is 28.8. The Labute approximate surface area is 245 Å². The Hall–Kier alpha value is -2.68. The van der Waals surface area contributed by atoms with Crippen molar-refractivity contribution in [3.05, 3.63) is 93.2 Å². The Morgan fingerprint density at radius 3 is 2.52 bits per heavy atom. The predicted molar refractivity (Wildman–Crippen MR) is 159 cm³/mol. The number of benzene rings is 2. The minimum absolute atomic E-state index is 0.0101. The molecule has 1 saturated carbocycles. The summed E-state index contributed by atoms with van der Waals surface area (Å²) in [5.41, 5.74) is 3.00. The lowest BCUT2D eigenvalue weighted by Gasteiger charge is -2.45. The van der Waals surface area contributed by atoms with Crippen molar-refractivity contribution in [1.29, 1.82) is 0 Å². The highest BCUT2D eigenvalue weighted by atomic mass is 35.5. The molecule has 1 aromatic heterocycles. The predicted octanol–water partition coefficient (Wildman–Crippen LogP) is 4.98. The summed E-state index contributed by atoms with van der Waals surface area (Å²) in [4.78, 5) is 21.4. The number of β-amino-alcohol motifs (C(OH)–C–C–N with tert-alkyl or cyclic N) is 1. The van der Waals surface area contributed by atoms with E-state index in [4.69, 9.17) is 23.2 Å². The van der Waals surface area contributed by atoms with Crippen LogP contribution in [0.1, 0.15) is 59.4 Å². The molecule has 1 saturated heterocycles. The molecule has 3 N–H and O–H groups in total. The van der Waals surface area contributed by atoms with Gasteiger partial charge in [0.2, 0.25) is 0 Å². The number of aryl methyl sites for hydroxylation is 1. The van der Waals surface area contributed by atoms with Crippen LogP contribution in [0.2, 0.25) is 10.0 Å². The van der Waals surface area contributed by atoms with Gasteiger partial charge in [-0.2, -0.15) is 0 Å². The highest BCUT2D eigenvalue weighted by Crippen LogP contribution is 2.37.